The van der Waals surface area contributed by atoms with Crippen molar-refractivity contribution in [1.82, 2.24) is 21.1 Å². The van der Waals surface area contributed by atoms with Crippen LogP contribution in [0, 0.1) is 11.8 Å². The van der Waals surface area contributed by atoms with Gasteiger partial charge in [0.2, 0.25) is 11.8 Å². The molecule has 9 nitrogen and oxygen atoms in total. The molecule has 1 rings (SSSR count). The van der Waals surface area contributed by atoms with Gasteiger partial charge >= 0.3 is 0 Å². The van der Waals surface area contributed by atoms with Gasteiger partial charge in [-0.3, -0.25) is 19.4 Å². The number of nitrogens with one attached hydrogen (secondary N) is 3. The van der Waals surface area contributed by atoms with Crippen molar-refractivity contribution >= 4 is 23.7 Å². The van der Waals surface area contributed by atoms with Gasteiger partial charge in [-0.15, -0.1) is 0 Å². The molecule has 4 unspecified atom stereocenters. The molecule has 3 amide bonds. The van der Waals surface area contributed by atoms with E-state index in [-0.39, 0.29) is 17.7 Å². The summed E-state index contributed by atoms with van der Waals surface area (Å²) < 4.78 is 0. The number of carbonyl (C=O) groups excluding carboxylic acids is 4. The molecule has 3 N–H and O–H groups in total. The predicted octanol–water partition coefficient (Wildman–Crippen LogP) is -0.520. The monoisotopic (exact) mass is 409 g/mol. The van der Waals surface area contributed by atoms with Crippen LogP contribution in [0.1, 0.15) is 53.9 Å². The number of amides is 3. The lowest BCUT2D eigenvalue weighted by atomic mass is 9.99. The van der Waals surface area contributed by atoms with Crippen molar-refractivity contribution in [3.8, 4) is 0 Å². The van der Waals surface area contributed by atoms with Crippen LogP contribution in [0.2, 0.25) is 0 Å². The number of hydrogen-bond donors (Lipinski definition) is 3. The zero-order valence-electron chi connectivity index (χ0n) is 17.9. The van der Waals surface area contributed by atoms with Crippen LogP contribution in [0.3, 0.4) is 0 Å². The maximum absolute atomic E-state index is 12.7. The van der Waals surface area contributed by atoms with E-state index in [2.05, 4.69) is 16.1 Å². The first-order chi connectivity index (χ1) is 13.6. The molecular weight excluding hydrogens is 376 g/mol. The number of allylic oxidation sites excluding steroid dienone is 1. The van der Waals surface area contributed by atoms with E-state index in [4.69, 9.17) is 0 Å². The van der Waals surface area contributed by atoms with Crippen molar-refractivity contribution in [2.75, 3.05) is 6.54 Å². The third kappa shape index (κ3) is 7.16. The minimum absolute atomic E-state index is 0.181. The van der Waals surface area contributed by atoms with Crippen molar-refractivity contribution in [2.24, 2.45) is 11.8 Å². The largest absolute Gasteiger partial charge is 0.548 e. The molecule has 29 heavy (non-hydrogen) atoms. The van der Waals surface area contributed by atoms with Gasteiger partial charge in [0.25, 0.3) is 5.91 Å². The molecule has 0 aromatic rings. The minimum atomic E-state index is -1.27. The highest BCUT2D eigenvalue weighted by Gasteiger charge is 2.31. The fraction of sp³-hybridized carbons (Fsp3) is 0.700. The number of hydrogen-bond acceptors (Lipinski definition) is 6. The first kappa shape index (κ1) is 24.6. The Balaban J connectivity index is 2.75. The van der Waals surface area contributed by atoms with E-state index >= 15 is 0 Å². The molecule has 4 atom stereocenters. The molecule has 0 spiro atoms. The van der Waals surface area contributed by atoms with Crippen LogP contribution in [0.5, 0.6) is 0 Å². The van der Waals surface area contributed by atoms with Crippen molar-refractivity contribution < 1.29 is 24.3 Å². The topological polar surface area (TPSA) is 131 Å². The standard InChI is InChI=1S/C20H34N4O5/c1-6-9-14(7-2)17(25)22-16(12(3)4)18(26)21-13(5)19(27)24-11-8-10-15(23-24)20(28)29/h6,9,12-16,23H,7-8,10-11H2,1-5H3,(H,21,26)(H,22,25)(H,28,29)/p-1/b9-6+. The van der Waals surface area contributed by atoms with Gasteiger partial charge in [-0.05, 0) is 39.0 Å². The van der Waals surface area contributed by atoms with Gasteiger partial charge < -0.3 is 20.5 Å². The van der Waals surface area contributed by atoms with E-state index in [0.29, 0.717) is 25.8 Å². The van der Waals surface area contributed by atoms with Crippen LogP contribution in [-0.4, -0.2) is 53.4 Å². The molecule has 1 saturated heterocycles. The van der Waals surface area contributed by atoms with Gasteiger partial charge in [0.05, 0.1) is 17.9 Å². The quantitative estimate of drug-likeness (QED) is 0.439. The van der Waals surface area contributed by atoms with Crippen LogP contribution >= 0.6 is 0 Å². The van der Waals surface area contributed by atoms with Crippen molar-refractivity contribution in [2.45, 2.75) is 72.0 Å². The molecule has 1 heterocycles. The van der Waals surface area contributed by atoms with Gasteiger partial charge in [0.1, 0.15) is 12.1 Å². The van der Waals surface area contributed by atoms with Crippen LogP contribution in [0.4, 0.5) is 0 Å². The summed E-state index contributed by atoms with van der Waals surface area (Å²) in [6, 6.07) is -2.61. The predicted molar refractivity (Wildman–Crippen MR) is 106 cm³/mol. The Kier molecular flexibility index (Phi) is 9.80. The highest BCUT2D eigenvalue weighted by atomic mass is 16.4. The molecule has 1 aliphatic heterocycles. The molecule has 1 fully saturated rings. The van der Waals surface area contributed by atoms with Crippen molar-refractivity contribution in [3.63, 3.8) is 0 Å². The number of carbonyl (C=O) groups is 4. The normalized spacial score (nSPS) is 20.2. The Morgan fingerprint density at radius 1 is 1.17 bits per heavy atom. The van der Waals surface area contributed by atoms with Gasteiger partial charge in [-0.2, -0.15) is 0 Å². The zero-order chi connectivity index (χ0) is 22.1. The second-order valence-corrected chi connectivity index (χ2v) is 7.63. The number of hydrazine groups is 1. The van der Waals surface area contributed by atoms with E-state index in [1.54, 1.807) is 12.2 Å². The van der Waals surface area contributed by atoms with E-state index in [1.807, 2.05) is 27.7 Å². The second-order valence-electron chi connectivity index (χ2n) is 7.63. The highest BCUT2D eigenvalue weighted by Crippen LogP contribution is 2.11. The van der Waals surface area contributed by atoms with Crippen molar-refractivity contribution in [1.29, 1.82) is 0 Å². The highest BCUT2D eigenvalue weighted by molar-refractivity contribution is 5.92. The van der Waals surface area contributed by atoms with Crippen LogP contribution < -0.4 is 21.2 Å². The summed E-state index contributed by atoms with van der Waals surface area (Å²) >= 11 is 0. The third-order valence-electron chi connectivity index (χ3n) is 4.91. The van der Waals surface area contributed by atoms with Crippen molar-refractivity contribution in [3.05, 3.63) is 12.2 Å². The average molecular weight is 410 g/mol. The number of aliphatic carboxylic acids is 1. The first-order valence-electron chi connectivity index (χ1n) is 10.1. The van der Waals surface area contributed by atoms with E-state index in [1.165, 1.54) is 11.9 Å². The summed E-state index contributed by atoms with van der Waals surface area (Å²) in [6.45, 7) is 9.21. The molecule has 9 heteroatoms. The first-order valence-corrected chi connectivity index (χ1v) is 10.1. The summed E-state index contributed by atoms with van der Waals surface area (Å²) in [5.41, 5.74) is 2.62. The minimum Gasteiger partial charge on any atom is -0.548 e. The Hall–Kier alpha value is -2.42. The summed E-state index contributed by atoms with van der Waals surface area (Å²) in [5.74, 6) is -2.93. The fourth-order valence-electron chi connectivity index (χ4n) is 3.15. The van der Waals surface area contributed by atoms with Crippen LogP contribution in [0.25, 0.3) is 0 Å². The van der Waals surface area contributed by atoms with Gasteiger partial charge in [0.15, 0.2) is 0 Å². The zero-order valence-corrected chi connectivity index (χ0v) is 17.9. The summed E-state index contributed by atoms with van der Waals surface area (Å²) in [4.78, 5) is 48.8. The Morgan fingerprint density at radius 3 is 2.34 bits per heavy atom. The molecule has 0 aromatic heterocycles. The lowest BCUT2D eigenvalue weighted by Crippen LogP contribution is -2.62. The SMILES string of the molecule is C/C=C/C(CC)C(=O)NC(C(=O)NC(C)C(=O)N1CCCC(C(=O)[O-])N1)C(C)C. The fourth-order valence-corrected chi connectivity index (χ4v) is 3.15. The maximum atomic E-state index is 12.7. The molecule has 164 valence electrons. The molecule has 0 saturated carbocycles. The number of nitrogens with zero attached hydrogens (tertiary/aromatic N) is 1. The molecule has 0 radical (unpaired) electrons. The van der Waals surface area contributed by atoms with Crippen LogP contribution in [-0.2, 0) is 19.2 Å². The van der Waals surface area contributed by atoms with E-state index in [0.717, 1.165) is 0 Å². The molecule has 0 aromatic carbocycles. The Bertz CT molecular complexity index is 634. The van der Waals surface area contributed by atoms with E-state index in [9.17, 15) is 24.3 Å². The van der Waals surface area contributed by atoms with Crippen LogP contribution in [0.15, 0.2) is 12.2 Å². The number of rotatable bonds is 9. The average Bonchev–Trinajstić information content (AvgIpc) is 2.68. The summed E-state index contributed by atoms with van der Waals surface area (Å²) in [6.07, 6.45) is 5.08. The molecule has 0 aliphatic carbocycles. The smallest absolute Gasteiger partial charge is 0.258 e. The Morgan fingerprint density at radius 2 is 1.83 bits per heavy atom. The number of carboxylic acid groups (broad SMARTS) is 1. The Labute approximate surface area is 172 Å². The number of carboxylic acids is 1. The van der Waals surface area contributed by atoms with Gasteiger partial charge in [0, 0.05) is 6.54 Å². The third-order valence-corrected chi connectivity index (χ3v) is 4.91. The van der Waals surface area contributed by atoms with E-state index < -0.39 is 35.9 Å². The second kappa shape index (κ2) is 11.5. The molecule has 0 bridgehead atoms. The summed E-state index contributed by atoms with van der Waals surface area (Å²) in [5, 5.41) is 17.6. The van der Waals surface area contributed by atoms with Gasteiger partial charge in [-0.25, -0.2) is 5.43 Å². The summed E-state index contributed by atoms with van der Waals surface area (Å²) in [7, 11) is 0. The lowest BCUT2D eigenvalue weighted by molar-refractivity contribution is -0.310. The lowest BCUT2D eigenvalue weighted by Gasteiger charge is -2.36. The van der Waals surface area contributed by atoms with Gasteiger partial charge in [-0.1, -0.05) is 32.9 Å². The molecule has 1 aliphatic rings. The maximum Gasteiger partial charge on any atom is 0.258 e. The molecular formula is C20H33N4O5-.